The number of non-ortho nitro benzene ring substituents is 1. The van der Waals surface area contributed by atoms with E-state index in [1.807, 2.05) is 32.0 Å². The molecule has 0 aliphatic rings. The summed E-state index contributed by atoms with van der Waals surface area (Å²) in [5.41, 5.74) is 3.38. The molecule has 160 valence electrons. The number of nitrogens with one attached hydrogen (secondary N) is 1. The number of hydrogen-bond acceptors (Lipinski definition) is 5. The molecule has 1 heterocycles. The zero-order chi connectivity index (χ0) is 22.8. The first kappa shape index (κ1) is 20.9. The number of rotatable bonds is 5. The lowest BCUT2D eigenvalue weighted by atomic mass is 10.1. The van der Waals surface area contributed by atoms with E-state index in [2.05, 4.69) is 15.4 Å². The predicted octanol–water partition coefficient (Wildman–Crippen LogP) is 4.85. The summed E-state index contributed by atoms with van der Waals surface area (Å²) >= 11 is 0. The van der Waals surface area contributed by atoms with Gasteiger partial charge in [-0.1, -0.05) is 23.8 Å². The van der Waals surface area contributed by atoms with Crippen LogP contribution < -0.4 is 5.32 Å². The van der Waals surface area contributed by atoms with Crippen molar-refractivity contribution in [2.45, 2.75) is 13.8 Å². The maximum Gasteiger partial charge on any atom is 0.295 e. The van der Waals surface area contributed by atoms with Gasteiger partial charge in [-0.3, -0.25) is 14.9 Å². The summed E-state index contributed by atoms with van der Waals surface area (Å²) < 4.78 is 15.0. The summed E-state index contributed by atoms with van der Waals surface area (Å²) in [5, 5.41) is 18.0. The number of carbonyl (C=O) groups excluding carboxylic acids is 1. The highest BCUT2D eigenvalue weighted by atomic mass is 19.1. The number of anilines is 1. The lowest BCUT2D eigenvalue weighted by Crippen LogP contribution is -2.14. The highest BCUT2D eigenvalue weighted by molar-refractivity contribution is 6.02. The fourth-order valence-electron chi connectivity index (χ4n) is 3.29. The van der Waals surface area contributed by atoms with Crippen LogP contribution in [0.2, 0.25) is 0 Å². The van der Waals surface area contributed by atoms with Crippen LogP contribution >= 0.6 is 0 Å². The van der Waals surface area contributed by atoms with Gasteiger partial charge in [0.05, 0.1) is 10.6 Å². The van der Waals surface area contributed by atoms with Crippen molar-refractivity contribution in [3.63, 3.8) is 0 Å². The van der Waals surface area contributed by atoms with Crippen LogP contribution in [0, 0.1) is 29.8 Å². The highest BCUT2D eigenvalue weighted by Gasteiger charge is 2.20. The standard InChI is InChI=1S/C23H18FN5O3/c1-14-6-11-20(15(2)12-14)28-22(16-7-9-17(24)10-8-16)26-21(27-28)23(30)25-18-4-3-5-19(13-18)29(31)32/h3-13H,1-2H3,(H,25,30). The van der Waals surface area contributed by atoms with Crippen LogP contribution in [0.25, 0.3) is 17.1 Å². The molecule has 3 aromatic carbocycles. The molecule has 0 spiro atoms. The van der Waals surface area contributed by atoms with E-state index >= 15 is 0 Å². The Kier molecular flexibility index (Phi) is 5.46. The normalized spacial score (nSPS) is 10.7. The van der Waals surface area contributed by atoms with Gasteiger partial charge in [0.2, 0.25) is 5.82 Å². The molecule has 0 fully saturated rings. The highest BCUT2D eigenvalue weighted by Crippen LogP contribution is 2.25. The van der Waals surface area contributed by atoms with Gasteiger partial charge >= 0.3 is 0 Å². The zero-order valence-corrected chi connectivity index (χ0v) is 17.2. The molecule has 1 aromatic heterocycles. The van der Waals surface area contributed by atoms with Crippen molar-refractivity contribution in [3.05, 3.63) is 99.6 Å². The predicted molar refractivity (Wildman–Crippen MR) is 117 cm³/mol. The van der Waals surface area contributed by atoms with Gasteiger partial charge in [-0.25, -0.2) is 14.1 Å². The van der Waals surface area contributed by atoms with E-state index in [9.17, 15) is 19.3 Å². The zero-order valence-electron chi connectivity index (χ0n) is 17.2. The Bertz CT molecular complexity index is 1330. The first-order chi connectivity index (χ1) is 15.3. The van der Waals surface area contributed by atoms with Crippen LogP contribution in [0.1, 0.15) is 21.7 Å². The lowest BCUT2D eigenvalue weighted by molar-refractivity contribution is -0.384. The lowest BCUT2D eigenvalue weighted by Gasteiger charge is -2.09. The van der Waals surface area contributed by atoms with E-state index < -0.39 is 16.6 Å². The van der Waals surface area contributed by atoms with Gasteiger partial charge in [-0.2, -0.15) is 0 Å². The molecule has 1 amide bonds. The van der Waals surface area contributed by atoms with Gasteiger partial charge in [-0.05, 0) is 55.8 Å². The molecular weight excluding hydrogens is 413 g/mol. The molecule has 0 aliphatic heterocycles. The maximum atomic E-state index is 13.4. The van der Waals surface area contributed by atoms with Crippen molar-refractivity contribution in [1.29, 1.82) is 0 Å². The summed E-state index contributed by atoms with van der Waals surface area (Å²) in [4.78, 5) is 27.7. The number of halogens is 1. The number of aromatic nitrogens is 3. The molecule has 0 saturated heterocycles. The summed E-state index contributed by atoms with van der Waals surface area (Å²) in [6.45, 7) is 3.89. The number of nitro groups is 1. The molecule has 9 heteroatoms. The van der Waals surface area contributed by atoms with Crippen LogP contribution in [0.15, 0.2) is 66.7 Å². The number of nitro benzene ring substituents is 1. The number of carbonyl (C=O) groups is 1. The number of nitrogens with zero attached hydrogens (tertiary/aromatic N) is 4. The summed E-state index contributed by atoms with van der Waals surface area (Å²) in [5.74, 6) is -0.788. The van der Waals surface area contributed by atoms with Gasteiger partial charge in [-0.15, -0.1) is 5.10 Å². The first-order valence-electron chi connectivity index (χ1n) is 9.68. The Labute approximate surface area is 182 Å². The molecular formula is C23H18FN5O3. The van der Waals surface area contributed by atoms with Crippen LogP contribution in [0.4, 0.5) is 15.8 Å². The third-order valence-electron chi connectivity index (χ3n) is 4.81. The molecule has 0 saturated carbocycles. The molecule has 8 nitrogen and oxygen atoms in total. The Hall–Kier alpha value is -4.40. The monoisotopic (exact) mass is 431 g/mol. The van der Waals surface area contributed by atoms with E-state index in [-0.39, 0.29) is 17.2 Å². The van der Waals surface area contributed by atoms with Gasteiger partial charge < -0.3 is 5.32 Å². The molecule has 0 aliphatic carbocycles. The number of benzene rings is 3. The Morgan fingerprint density at radius 1 is 1.06 bits per heavy atom. The second-order valence-electron chi connectivity index (χ2n) is 7.23. The first-order valence-corrected chi connectivity index (χ1v) is 9.68. The van der Waals surface area contributed by atoms with Crippen molar-refractivity contribution >= 4 is 17.3 Å². The minimum absolute atomic E-state index is 0.129. The number of hydrogen-bond donors (Lipinski definition) is 1. The Morgan fingerprint density at radius 3 is 2.50 bits per heavy atom. The number of aryl methyl sites for hydroxylation is 2. The van der Waals surface area contributed by atoms with Gasteiger partial charge in [0.25, 0.3) is 11.6 Å². The van der Waals surface area contributed by atoms with E-state index in [4.69, 9.17) is 0 Å². The van der Waals surface area contributed by atoms with Crippen molar-refractivity contribution in [3.8, 4) is 17.1 Å². The summed E-state index contributed by atoms with van der Waals surface area (Å²) in [6.07, 6.45) is 0. The molecule has 32 heavy (non-hydrogen) atoms. The fraction of sp³-hybridized carbons (Fsp3) is 0.0870. The van der Waals surface area contributed by atoms with Crippen molar-refractivity contribution in [2.75, 3.05) is 5.32 Å². The molecule has 0 radical (unpaired) electrons. The Morgan fingerprint density at radius 2 is 1.81 bits per heavy atom. The Balaban J connectivity index is 1.76. The molecule has 4 aromatic rings. The van der Waals surface area contributed by atoms with Crippen LogP contribution in [-0.2, 0) is 0 Å². The molecule has 0 bridgehead atoms. The molecule has 1 N–H and O–H groups in total. The average Bonchev–Trinajstić information content (AvgIpc) is 3.20. The maximum absolute atomic E-state index is 13.4. The third kappa shape index (κ3) is 4.22. The van der Waals surface area contributed by atoms with Crippen LogP contribution in [0.5, 0.6) is 0 Å². The minimum Gasteiger partial charge on any atom is -0.319 e. The largest absolute Gasteiger partial charge is 0.319 e. The molecule has 4 rings (SSSR count). The van der Waals surface area contributed by atoms with Crippen molar-refractivity contribution in [1.82, 2.24) is 14.8 Å². The summed E-state index contributed by atoms with van der Waals surface area (Å²) in [7, 11) is 0. The summed E-state index contributed by atoms with van der Waals surface area (Å²) in [6, 6.07) is 17.1. The second-order valence-corrected chi connectivity index (χ2v) is 7.23. The minimum atomic E-state index is -0.627. The van der Waals surface area contributed by atoms with Crippen LogP contribution in [-0.4, -0.2) is 25.6 Å². The average molecular weight is 431 g/mol. The van der Waals surface area contributed by atoms with Gasteiger partial charge in [0.15, 0.2) is 5.82 Å². The third-order valence-corrected chi connectivity index (χ3v) is 4.81. The van der Waals surface area contributed by atoms with E-state index in [0.29, 0.717) is 11.4 Å². The molecule has 0 unspecified atom stereocenters. The van der Waals surface area contributed by atoms with Gasteiger partial charge in [0.1, 0.15) is 5.82 Å². The SMILES string of the molecule is Cc1ccc(-n2nc(C(=O)Nc3cccc([N+](=O)[O-])c3)nc2-c2ccc(F)cc2)c(C)c1. The number of amides is 1. The smallest absolute Gasteiger partial charge is 0.295 e. The van der Waals surface area contributed by atoms with E-state index in [0.717, 1.165) is 16.8 Å². The topological polar surface area (TPSA) is 103 Å². The van der Waals surface area contributed by atoms with E-state index in [1.165, 1.54) is 41.1 Å². The fourth-order valence-corrected chi connectivity index (χ4v) is 3.29. The van der Waals surface area contributed by atoms with Gasteiger partial charge in [0, 0.05) is 23.4 Å². The van der Waals surface area contributed by atoms with E-state index in [1.54, 1.807) is 12.1 Å². The quantitative estimate of drug-likeness (QED) is 0.359. The molecule has 0 atom stereocenters. The van der Waals surface area contributed by atoms with Crippen molar-refractivity contribution < 1.29 is 14.1 Å². The van der Waals surface area contributed by atoms with Crippen LogP contribution in [0.3, 0.4) is 0 Å². The van der Waals surface area contributed by atoms with Crippen molar-refractivity contribution in [2.24, 2.45) is 0 Å². The second kappa shape index (κ2) is 8.38.